The SMILES string of the molecule is COCCc1ccccc1-n1cncc1[C@@H]1CCCN1. The normalized spacial score (nSPS) is 18.6. The summed E-state index contributed by atoms with van der Waals surface area (Å²) in [6.45, 7) is 1.84. The summed E-state index contributed by atoms with van der Waals surface area (Å²) in [6, 6.07) is 8.91. The van der Waals surface area contributed by atoms with Crippen molar-refractivity contribution in [2.24, 2.45) is 0 Å². The standard InChI is InChI=1S/C16H21N3O/c1-20-10-8-13-5-2-3-7-15(13)19-12-17-11-16(19)14-6-4-9-18-14/h2-3,5,7,11-12,14,18H,4,6,8-10H2,1H3/t14-/m0/s1. The second-order valence-electron chi connectivity index (χ2n) is 5.21. The second-order valence-corrected chi connectivity index (χ2v) is 5.21. The maximum atomic E-state index is 5.21. The van der Waals surface area contributed by atoms with Crippen LogP contribution in [0, 0.1) is 0 Å². The molecule has 1 atom stereocenters. The minimum Gasteiger partial charge on any atom is -0.384 e. The Morgan fingerprint density at radius 3 is 3.10 bits per heavy atom. The van der Waals surface area contributed by atoms with Crippen molar-refractivity contribution in [3.8, 4) is 5.69 Å². The Hall–Kier alpha value is -1.65. The third-order valence-electron chi connectivity index (χ3n) is 3.91. The van der Waals surface area contributed by atoms with Gasteiger partial charge in [0.1, 0.15) is 0 Å². The predicted octanol–water partition coefficient (Wildman–Crippen LogP) is 2.49. The van der Waals surface area contributed by atoms with Crippen LogP contribution in [-0.4, -0.2) is 29.8 Å². The van der Waals surface area contributed by atoms with E-state index in [0.29, 0.717) is 6.04 Å². The monoisotopic (exact) mass is 271 g/mol. The number of rotatable bonds is 5. The van der Waals surface area contributed by atoms with Crippen LogP contribution in [0.4, 0.5) is 0 Å². The van der Waals surface area contributed by atoms with Crippen molar-refractivity contribution < 1.29 is 4.74 Å². The molecule has 0 aliphatic carbocycles. The fraction of sp³-hybridized carbons (Fsp3) is 0.438. The molecule has 4 nitrogen and oxygen atoms in total. The summed E-state index contributed by atoms with van der Waals surface area (Å²) in [5.74, 6) is 0. The first kappa shape index (κ1) is 13.3. The minimum absolute atomic E-state index is 0.424. The van der Waals surface area contributed by atoms with Crippen LogP contribution in [0.5, 0.6) is 0 Å². The largest absolute Gasteiger partial charge is 0.384 e. The molecule has 0 spiro atoms. The summed E-state index contributed by atoms with van der Waals surface area (Å²) >= 11 is 0. The van der Waals surface area contributed by atoms with Gasteiger partial charge in [-0.3, -0.25) is 0 Å². The Morgan fingerprint density at radius 2 is 2.30 bits per heavy atom. The quantitative estimate of drug-likeness (QED) is 0.908. The molecular weight excluding hydrogens is 250 g/mol. The maximum absolute atomic E-state index is 5.21. The summed E-state index contributed by atoms with van der Waals surface area (Å²) in [6.07, 6.45) is 7.24. The van der Waals surface area contributed by atoms with Gasteiger partial charge in [-0.2, -0.15) is 0 Å². The lowest BCUT2D eigenvalue weighted by Crippen LogP contribution is -2.16. The minimum atomic E-state index is 0.424. The third kappa shape index (κ3) is 2.62. The van der Waals surface area contributed by atoms with Crippen molar-refractivity contribution in [3.05, 3.63) is 48.0 Å². The molecule has 0 radical (unpaired) electrons. The second kappa shape index (κ2) is 6.20. The van der Waals surface area contributed by atoms with Crippen molar-refractivity contribution in [2.45, 2.75) is 25.3 Å². The van der Waals surface area contributed by atoms with Crippen LogP contribution in [-0.2, 0) is 11.2 Å². The predicted molar refractivity (Wildman–Crippen MR) is 79.1 cm³/mol. The van der Waals surface area contributed by atoms with Gasteiger partial charge in [0, 0.05) is 13.2 Å². The molecule has 1 N–H and O–H groups in total. The molecule has 2 aromatic rings. The van der Waals surface area contributed by atoms with Crippen LogP contribution in [0.15, 0.2) is 36.8 Å². The van der Waals surface area contributed by atoms with Crippen molar-refractivity contribution in [3.63, 3.8) is 0 Å². The molecule has 1 aliphatic heterocycles. The number of imidazole rings is 1. The third-order valence-corrected chi connectivity index (χ3v) is 3.91. The zero-order valence-corrected chi connectivity index (χ0v) is 11.9. The topological polar surface area (TPSA) is 39.1 Å². The highest BCUT2D eigenvalue weighted by atomic mass is 16.5. The van der Waals surface area contributed by atoms with Crippen LogP contribution in [0.1, 0.15) is 30.1 Å². The van der Waals surface area contributed by atoms with Gasteiger partial charge in [-0.05, 0) is 37.4 Å². The number of hydrogen-bond donors (Lipinski definition) is 1. The molecule has 2 heterocycles. The number of aromatic nitrogens is 2. The zero-order valence-electron chi connectivity index (χ0n) is 11.9. The molecule has 1 aromatic heterocycles. The Balaban J connectivity index is 1.94. The Kier molecular flexibility index (Phi) is 4.14. The first-order valence-electron chi connectivity index (χ1n) is 7.23. The Labute approximate surface area is 119 Å². The first-order chi connectivity index (χ1) is 9.90. The van der Waals surface area contributed by atoms with E-state index in [4.69, 9.17) is 4.74 Å². The smallest absolute Gasteiger partial charge is 0.0994 e. The number of ether oxygens (including phenoxy) is 1. The lowest BCUT2D eigenvalue weighted by Gasteiger charge is -2.16. The maximum Gasteiger partial charge on any atom is 0.0994 e. The average molecular weight is 271 g/mol. The van der Waals surface area contributed by atoms with Gasteiger partial charge in [0.2, 0.25) is 0 Å². The van der Waals surface area contributed by atoms with Crippen molar-refractivity contribution in [1.82, 2.24) is 14.9 Å². The van der Waals surface area contributed by atoms with E-state index in [1.54, 1.807) is 7.11 Å². The summed E-state index contributed by atoms with van der Waals surface area (Å²) in [5, 5.41) is 3.55. The van der Waals surface area contributed by atoms with Crippen LogP contribution in [0.3, 0.4) is 0 Å². The highest BCUT2D eigenvalue weighted by Gasteiger charge is 2.20. The van der Waals surface area contributed by atoms with Crippen LogP contribution >= 0.6 is 0 Å². The van der Waals surface area contributed by atoms with Crippen molar-refractivity contribution in [2.75, 3.05) is 20.3 Å². The van der Waals surface area contributed by atoms with E-state index in [1.165, 1.54) is 29.8 Å². The first-order valence-corrected chi connectivity index (χ1v) is 7.23. The average Bonchev–Trinajstić information content (AvgIpc) is 3.15. The Bertz CT molecular complexity index is 558. The van der Waals surface area contributed by atoms with Crippen LogP contribution in [0.25, 0.3) is 5.69 Å². The molecular formula is C16H21N3O. The molecule has 0 saturated carbocycles. The number of nitrogens with one attached hydrogen (secondary N) is 1. The van der Waals surface area contributed by atoms with E-state index in [-0.39, 0.29) is 0 Å². The van der Waals surface area contributed by atoms with E-state index >= 15 is 0 Å². The summed E-state index contributed by atoms with van der Waals surface area (Å²) in [7, 11) is 1.74. The van der Waals surface area contributed by atoms with Gasteiger partial charge in [-0.1, -0.05) is 18.2 Å². The summed E-state index contributed by atoms with van der Waals surface area (Å²) in [5.41, 5.74) is 3.77. The Morgan fingerprint density at radius 1 is 1.40 bits per heavy atom. The van der Waals surface area contributed by atoms with E-state index in [0.717, 1.165) is 19.6 Å². The lowest BCUT2D eigenvalue weighted by atomic mass is 10.1. The number of benzene rings is 1. The number of hydrogen-bond acceptors (Lipinski definition) is 3. The molecule has 1 saturated heterocycles. The molecule has 0 bridgehead atoms. The van der Waals surface area contributed by atoms with Crippen molar-refractivity contribution in [1.29, 1.82) is 0 Å². The van der Waals surface area contributed by atoms with E-state index in [9.17, 15) is 0 Å². The van der Waals surface area contributed by atoms with Gasteiger partial charge in [0.15, 0.2) is 0 Å². The molecule has 20 heavy (non-hydrogen) atoms. The van der Waals surface area contributed by atoms with E-state index in [1.807, 2.05) is 12.5 Å². The number of methoxy groups -OCH3 is 1. The summed E-state index contributed by atoms with van der Waals surface area (Å²) < 4.78 is 7.43. The van der Waals surface area contributed by atoms with Crippen LogP contribution in [0.2, 0.25) is 0 Å². The molecule has 4 heteroatoms. The van der Waals surface area contributed by atoms with Gasteiger partial charge in [0.05, 0.1) is 30.5 Å². The molecule has 1 fully saturated rings. The van der Waals surface area contributed by atoms with Gasteiger partial charge in [-0.15, -0.1) is 0 Å². The van der Waals surface area contributed by atoms with Crippen molar-refractivity contribution >= 4 is 0 Å². The molecule has 0 unspecified atom stereocenters. The molecule has 0 amide bonds. The van der Waals surface area contributed by atoms with Gasteiger partial charge in [0.25, 0.3) is 0 Å². The zero-order chi connectivity index (χ0) is 13.8. The fourth-order valence-corrected chi connectivity index (χ4v) is 2.87. The van der Waals surface area contributed by atoms with Crippen LogP contribution < -0.4 is 5.32 Å². The highest BCUT2D eigenvalue weighted by molar-refractivity contribution is 5.43. The highest BCUT2D eigenvalue weighted by Crippen LogP contribution is 2.26. The lowest BCUT2D eigenvalue weighted by molar-refractivity contribution is 0.202. The van der Waals surface area contributed by atoms with Gasteiger partial charge < -0.3 is 14.6 Å². The molecule has 1 aliphatic rings. The van der Waals surface area contributed by atoms with Gasteiger partial charge in [-0.25, -0.2) is 4.98 Å². The van der Waals surface area contributed by atoms with E-state index in [2.05, 4.69) is 39.1 Å². The summed E-state index contributed by atoms with van der Waals surface area (Å²) in [4.78, 5) is 4.36. The number of para-hydroxylation sites is 1. The molecule has 1 aromatic carbocycles. The van der Waals surface area contributed by atoms with E-state index < -0.39 is 0 Å². The molecule has 106 valence electrons. The van der Waals surface area contributed by atoms with Gasteiger partial charge >= 0.3 is 0 Å². The number of nitrogens with zero attached hydrogens (tertiary/aromatic N) is 2. The molecule has 3 rings (SSSR count). The fourth-order valence-electron chi connectivity index (χ4n) is 2.87.